The van der Waals surface area contributed by atoms with Crippen LogP contribution in [0.15, 0.2) is 12.1 Å². The van der Waals surface area contributed by atoms with Gasteiger partial charge in [0.25, 0.3) is 5.91 Å². The van der Waals surface area contributed by atoms with Crippen molar-refractivity contribution >= 4 is 34.8 Å². The van der Waals surface area contributed by atoms with Gasteiger partial charge in [-0.05, 0) is 69.1 Å². The van der Waals surface area contributed by atoms with E-state index in [4.69, 9.17) is 33.3 Å². The molecule has 0 aromatic heterocycles. The van der Waals surface area contributed by atoms with Crippen molar-refractivity contribution in [2.24, 2.45) is 0 Å². The quantitative estimate of drug-likeness (QED) is 0.534. The number of nitrogens with one attached hydrogen (secondary N) is 3. The van der Waals surface area contributed by atoms with E-state index in [0.717, 1.165) is 30.6 Å². The van der Waals surface area contributed by atoms with E-state index < -0.39 is 6.10 Å². The van der Waals surface area contributed by atoms with Gasteiger partial charge in [0.15, 0.2) is 11.2 Å². The van der Waals surface area contributed by atoms with Crippen molar-refractivity contribution in [1.82, 2.24) is 16.2 Å². The van der Waals surface area contributed by atoms with Crippen molar-refractivity contribution in [1.29, 1.82) is 0 Å². The van der Waals surface area contributed by atoms with E-state index >= 15 is 0 Å². The number of halogens is 1. The predicted octanol–water partition coefficient (Wildman–Crippen LogP) is 2.40. The summed E-state index contributed by atoms with van der Waals surface area (Å²) in [6.45, 7) is 6.87. The summed E-state index contributed by atoms with van der Waals surface area (Å²) in [6, 6.07) is 3.60. The molecule has 1 aliphatic heterocycles. The van der Waals surface area contributed by atoms with E-state index in [1.165, 1.54) is 0 Å². The number of carbonyl (C=O) groups is 1. The highest BCUT2D eigenvalue weighted by atomic mass is 35.5. The van der Waals surface area contributed by atoms with Crippen LogP contribution in [-0.2, 0) is 9.53 Å². The smallest absolute Gasteiger partial charge is 0.279 e. The highest BCUT2D eigenvalue weighted by Crippen LogP contribution is 2.27. The number of aryl methyl sites for hydroxylation is 2. The van der Waals surface area contributed by atoms with Crippen LogP contribution in [0.2, 0.25) is 5.02 Å². The van der Waals surface area contributed by atoms with Crippen LogP contribution in [0.4, 0.5) is 0 Å². The first-order valence-corrected chi connectivity index (χ1v) is 9.04. The fraction of sp³-hybridized carbons (Fsp3) is 0.529. The minimum atomic E-state index is -0.688. The molecular formula is C17H24ClN3O3S. The van der Waals surface area contributed by atoms with Gasteiger partial charge in [-0.15, -0.1) is 0 Å². The molecule has 1 aromatic rings. The van der Waals surface area contributed by atoms with E-state index in [1.54, 1.807) is 19.1 Å². The largest absolute Gasteiger partial charge is 0.480 e. The molecule has 2 atom stereocenters. The Morgan fingerprint density at radius 3 is 2.68 bits per heavy atom. The summed E-state index contributed by atoms with van der Waals surface area (Å²) in [7, 11) is 0. The lowest BCUT2D eigenvalue weighted by molar-refractivity contribution is -0.127. The Morgan fingerprint density at radius 1 is 1.40 bits per heavy atom. The molecule has 0 aliphatic carbocycles. The maximum absolute atomic E-state index is 12.2. The number of amides is 1. The maximum atomic E-state index is 12.2. The van der Waals surface area contributed by atoms with E-state index in [9.17, 15) is 4.79 Å². The van der Waals surface area contributed by atoms with Gasteiger partial charge in [-0.3, -0.25) is 15.6 Å². The Kier molecular flexibility index (Phi) is 7.28. The van der Waals surface area contributed by atoms with Gasteiger partial charge >= 0.3 is 0 Å². The number of carbonyl (C=O) groups excluding carboxylic acids is 1. The minimum Gasteiger partial charge on any atom is -0.480 e. The van der Waals surface area contributed by atoms with Gasteiger partial charge in [-0.25, -0.2) is 0 Å². The molecule has 1 fully saturated rings. The highest BCUT2D eigenvalue weighted by molar-refractivity contribution is 7.80. The fourth-order valence-corrected chi connectivity index (χ4v) is 3.05. The molecular weight excluding hydrogens is 362 g/mol. The Hall–Kier alpha value is -1.57. The van der Waals surface area contributed by atoms with Crippen molar-refractivity contribution in [2.75, 3.05) is 13.2 Å². The first kappa shape index (κ1) is 19.8. The van der Waals surface area contributed by atoms with Crippen LogP contribution in [0.5, 0.6) is 5.75 Å². The molecule has 1 aliphatic rings. The molecule has 1 saturated heterocycles. The highest BCUT2D eigenvalue weighted by Gasteiger charge is 2.18. The Bertz CT molecular complexity index is 613. The molecule has 1 heterocycles. The number of hydrogen-bond donors (Lipinski definition) is 3. The van der Waals surface area contributed by atoms with Gasteiger partial charge in [0.1, 0.15) is 5.75 Å². The van der Waals surface area contributed by atoms with Gasteiger partial charge < -0.3 is 14.8 Å². The topological polar surface area (TPSA) is 71.6 Å². The molecule has 1 amide bonds. The van der Waals surface area contributed by atoms with E-state index in [1.807, 2.05) is 13.8 Å². The molecule has 0 radical (unpaired) electrons. The molecule has 0 saturated carbocycles. The van der Waals surface area contributed by atoms with E-state index in [0.29, 0.717) is 22.4 Å². The molecule has 6 nitrogen and oxygen atoms in total. The second-order valence-electron chi connectivity index (χ2n) is 6.09. The summed E-state index contributed by atoms with van der Waals surface area (Å²) in [5.74, 6) is 0.334. The molecule has 0 unspecified atom stereocenters. The third-order valence-corrected chi connectivity index (χ3v) is 4.37. The second-order valence-corrected chi connectivity index (χ2v) is 6.93. The number of benzene rings is 1. The number of hydrogen-bond acceptors (Lipinski definition) is 4. The minimum absolute atomic E-state index is 0.175. The zero-order chi connectivity index (χ0) is 18.4. The normalized spacial score (nSPS) is 17.7. The monoisotopic (exact) mass is 385 g/mol. The maximum Gasteiger partial charge on any atom is 0.279 e. The summed E-state index contributed by atoms with van der Waals surface area (Å²) in [5, 5.41) is 4.00. The molecule has 0 bridgehead atoms. The van der Waals surface area contributed by atoms with Crippen LogP contribution in [0.1, 0.15) is 30.9 Å². The van der Waals surface area contributed by atoms with Crippen LogP contribution in [0.3, 0.4) is 0 Å². The number of thiocarbonyl (C=S) groups is 1. The number of rotatable bonds is 5. The van der Waals surface area contributed by atoms with E-state index in [2.05, 4.69) is 16.2 Å². The summed E-state index contributed by atoms with van der Waals surface area (Å²) >= 11 is 11.1. The van der Waals surface area contributed by atoms with Crippen LogP contribution < -0.4 is 20.9 Å². The van der Waals surface area contributed by atoms with Crippen molar-refractivity contribution < 1.29 is 14.3 Å². The molecule has 1 aromatic carbocycles. The average Bonchev–Trinajstić information content (AvgIpc) is 3.07. The summed E-state index contributed by atoms with van der Waals surface area (Å²) < 4.78 is 11.3. The molecule has 8 heteroatoms. The van der Waals surface area contributed by atoms with Gasteiger partial charge in [0.05, 0.1) is 6.10 Å². The number of hydrazine groups is 1. The zero-order valence-corrected chi connectivity index (χ0v) is 16.2. The third-order valence-electron chi connectivity index (χ3n) is 3.90. The lowest BCUT2D eigenvalue weighted by Crippen LogP contribution is -2.51. The average molecular weight is 386 g/mol. The van der Waals surface area contributed by atoms with Gasteiger partial charge in [-0.2, -0.15) is 0 Å². The van der Waals surface area contributed by atoms with Crippen LogP contribution in [-0.4, -0.2) is 36.4 Å². The molecule has 25 heavy (non-hydrogen) atoms. The number of ether oxygens (including phenoxy) is 2. The Labute approximate surface area is 158 Å². The molecule has 2 rings (SSSR count). The second kappa shape index (κ2) is 9.22. The zero-order valence-electron chi connectivity index (χ0n) is 14.6. The first-order chi connectivity index (χ1) is 11.9. The Balaban J connectivity index is 1.77. The molecule has 138 valence electrons. The third kappa shape index (κ3) is 6.02. The Morgan fingerprint density at radius 2 is 2.08 bits per heavy atom. The van der Waals surface area contributed by atoms with Crippen molar-refractivity contribution in [2.45, 2.75) is 45.8 Å². The van der Waals surface area contributed by atoms with Gasteiger partial charge in [0, 0.05) is 18.2 Å². The van der Waals surface area contributed by atoms with Crippen LogP contribution >= 0.6 is 23.8 Å². The van der Waals surface area contributed by atoms with Gasteiger partial charge in [0.2, 0.25) is 0 Å². The van der Waals surface area contributed by atoms with Crippen LogP contribution in [0.25, 0.3) is 0 Å². The predicted molar refractivity (Wildman–Crippen MR) is 102 cm³/mol. The van der Waals surface area contributed by atoms with E-state index in [-0.39, 0.29) is 12.0 Å². The summed E-state index contributed by atoms with van der Waals surface area (Å²) in [4.78, 5) is 12.2. The summed E-state index contributed by atoms with van der Waals surface area (Å²) in [5.41, 5.74) is 6.98. The molecule has 0 spiro atoms. The van der Waals surface area contributed by atoms with Crippen molar-refractivity contribution in [3.63, 3.8) is 0 Å². The first-order valence-electron chi connectivity index (χ1n) is 8.25. The van der Waals surface area contributed by atoms with Crippen LogP contribution in [0, 0.1) is 13.8 Å². The molecule has 3 N–H and O–H groups in total. The van der Waals surface area contributed by atoms with Crippen molar-refractivity contribution in [3.8, 4) is 5.75 Å². The van der Waals surface area contributed by atoms with Crippen molar-refractivity contribution in [3.05, 3.63) is 28.3 Å². The van der Waals surface area contributed by atoms with Gasteiger partial charge in [-0.1, -0.05) is 11.6 Å². The summed E-state index contributed by atoms with van der Waals surface area (Å²) in [6.07, 6.45) is 1.58. The lowest BCUT2D eigenvalue weighted by Gasteiger charge is -2.19. The fourth-order valence-electron chi connectivity index (χ4n) is 2.59. The standard InChI is InChI=1S/C17H24ClN3O3S/c1-10-7-13(18)8-11(2)15(10)24-12(3)16(22)20-21-17(25)19-9-14-5-4-6-23-14/h7-8,12,14H,4-6,9H2,1-3H3,(H,20,22)(H2,19,21,25)/t12-,14-/m1/s1. The SMILES string of the molecule is Cc1cc(Cl)cc(C)c1O[C@H](C)C(=O)NNC(=S)NC[C@H]1CCCO1. The lowest BCUT2D eigenvalue weighted by atomic mass is 10.1.